The highest BCUT2D eigenvalue weighted by Crippen LogP contribution is 2.36. The van der Waals surface area contributed by atoms with Gasteiger partial charge in [0, 0.05) is 32.0 Å². The van der Waals surface area contributed by atoms with Gasteiger partial charge in [0.25, 0.3) is 5.91 Å². The summed E-state index contributed by atoms with van der Waals surface area (Å²) in [6.07, 6.45) is -0.436. The average molecular weight is 411 g/mol. The number of amidine groups is 2. The highest BCUT2D eigenvalue weighted by atomic mass is 35.5. The highest BCUT2D eigenvalue weighted by Gasteiger charge is 2.36. The number of alkyl halides is 3. The van der Waals surface area contributed by atoms with E-state index < -0.39 is 28.5 Å². The summed E-state index contributed by atoms with van der Waals surface area (Å²) in [5.74, 6) is -1.33. The van der Waals surface area contributed by atoms with Crippen molar-refractivity contribution in [3.05, 3.63) is 58.6 Å². The van der Waals surface area contributed by atoms with Gasteiger partial charge in [0.15, 0.2) is 11.7 Å². The summed E-state index contributed by atoms with van der Waals surface area (Å²) in [6, 6.07) is 3.50. The first kappa shape index (κ1) is 19.7. The van der Waals surface area contributed by atoms with E-state index in [4.69, 9.17) is 22.4 Å². The molecule has 7 nitrogen and oxygen atoms in total. The van der Waals surface area contributed by atoms with Gasteiger partial charge in [-0.05, 0) is 11.6 Å². The zero-order chi connectivity index (χ0) is 20.5. The van der Waals surface area contributed by atoms with Crippen LogP contribution in [0.25, 0.3) is 0 Å². The number of halogens is 4. The van der Waals surface area contributed by atoms with Crippen LogP contribution in [0.5, 0.6) is 0 Å². The standard InChI is InChI=1S/C17H14ClF3N6O/c18-13-10(2-1-3-11(13)17(19,20)21)9-26-6-7-27(15(23)16(26)28)14(22)12-8-24-4-5-25-12/h1-5,8,22-23H,6-7,9H2. The Bertz CT molecular complexity index is 934. The normalized spacial score (nSPS) is 15.1. The summed E-state index contributed by atoms with van der Waals surface area (Å²) in [4.78, 5) is 22.8. The van der Waals surface area contributed by atoms with Gasteiger partial charge in [0.05, 0.1) is 16.8 Å². The number of nitrogens with one attached hydrogen (secondary N) is 2. The molecule has 0 aliphatic carbocycles. The van der Waals surface area contributed by atoms with E-state index in [2.05, 4.69) is 9.97 Å². The lowest BCUT2D eigenvalue weighted by Crippen LogP contribution is -2.55. The Morgan fingerprint density at radius 2 is 2.00 bits per heavy atom. The van der Waals surface area contributed by atoms with E-state index >= 15 is 0 Å². The molecule has 1 aliphatic heterocycles. The van der Waals surface area contributed by atoms with Crippen LogP contribution in [-0.4, -0.2) is 50.4 Å². The monoisotopic (exact) mass is 410 g/mol. The molecule has 1 aromatic carbocycles. The second-order valence-corrected chi connectivity index (χ2v) is 6.32. The average Bonchev–Trinajstić information content (AvgIpc) is 2.66. The van der Waals surface area contributed by atoms with Crippen molar-refractivity contribution in [3.8, 4) is 0 Å². The van der Waals surface area contributed by atoms with Gasteiger partial charge in [-0.2, -0.15) is 13.2 Å². The Balaban J connectivity index is 1.77. The fourth-order valence-corrected chi connectivity index (χ4v) is 3.05. The number of nitrogens with zero attached hydrogens (tertiary/aromatic N) is 4. The number of hydrogen-bond acceptors (Lipinski definition) is 5. The largest absolute Gasteiger partial charge is 0.417 e. The number of benzene rings is 1. The summed E-state index contributed by atoms with van der Waals surface area (Å²) < 4.78 is 39.0. The Hall–Kier alpha value is -3.01. The number of hydrogen-bond donors (Lipinski definition) is 2. The van der Waals surface area contributed by atoms with Crippen molar-refractivity contribution in [1.82, 2.24) is 19.8 Å². The van der Waals surface area contributed by atoms with Crippen molar-refractivity contribution < 1.29 is 18.0 Å². The van der Waals surface area contributed by atoms with Crippen LogP contribution in [-0.2, 0) is 17.5 Å². The minimum absolute atomic E-state index is 0.108. The van der Waals surface area contributed by atoms with E-state index in [1.165, 1.54) is 40.5 Å². The molecule has 11 heteroatoms. The molecule has 2 aromatic rings. The summed E-state index contributed by atoms with van der Waals surface area (Å²) >= 11 is 5.88. The zero-order valence-electron chi connectivity index (χ0n) is 14.3. The first-order chi connectivity index (χ1) is 13.2. The molecule has 28 heavy (non-hydrogen) atoms. The Kier molecular flexibility index (Phi) is 5.32. The van der Waals surface area contributed by atoms with E-state index in [0.29, 0.717) is 0 Å². The van der Waals surface area contributed by atoms with Gasteiger partial charge in [-0.25, -0.2) is 4.98 Å². The van der Waals surface area contributed by atoms with E-state index in [9.17, 15) is 18.0 Å². The SMILES string of the molecule is N=C1C(=O)N(Cc2cccc(C(F)(F)F)c2Cl)CCN1C(=N)c1cnccn1. The number of piperazine rings is 1. The topological polar surface area (TPSA) is 97.0 Å². The molecule has 3 rings (SSSR count). The number of rotatable bonds is 3. The predicted octanol–water partition coefficient (Wildman–Crippen LogP) is 2.80. The van der Waals surface area contributed by atoms with Crippen LogP contribution in [0.2, 0.25) is 5.02 Å². The summed E-state index contributed by atoms with van der Waals surface area (Å²) in [7, 11) is 0. The van der Waals surface area contributed by atoms with Gasteiger partial charge >= 0.3 is 6.18 Å². The molecule has 1 aromatic heterocycles. The predicted molar refractivity (Wildman–Crippen MR) is 95.2 cm³/mol. The summed E-state index contributed by atoms with van der Waals surface area (Å²) in [6.45, 7) is 0.0588. The van der Waals surface area contributed by atoms with Crippen LogP contribution in [0.15, 0.2) is 36.8 Å². The van der Waals surface area contributed by atoms with Crippen molar-refractivity contribution in [2.24, 2.45) is 0 Å². The molecule has 2 heterocycles. The Morgan fingerprint density at radius 1 is 1.25 bits per heavy atom. The van der Waals surface area contributed by atoms with Crippen LogP contribution in [0.4, 0.5) is 13.2 Å². The number of amides is 1. The van der Waals surface area contributed by atoms with Crippen molar-refractivity contribution in [3.63, 3.8) is 0 Å². The minimum atomic E-state index is -4.60. The second-order valence-electron chi connectivity index (χ2n) is 5.94. The molecule has 0 spiro atoms. The van der Waals surface area contributed by atoms with Crippen LogP contribution in [0.3, 0.4) is 0 Å². The second kappa shape index (κ2) is 7.55. The van der Waals surface area contributed by atoms with Gasteiger partial charge in [0.2, 0.25) is 0 Å². The number of carbonyl (C=O) groups excluding carboxylic acids is 1. The van der Waals surface area contributed by atoms with E-state index in [0.717, 1.165) is 6.07 Å². The summed E-state index contributed by atoms with van der Waals surface area (Å²) in [5.41, 5.74) is -0.637. The molecule has 0 atom stereocenters. The molecule has 2 N–H and O–H groups in total. The lowest BCUT2D eigenvalue weighted by atomic mass is 10.1. The molecule has 146 valence electrons. The maximum Gasteiger partial charge on any atom is 0.417 e. The number of carbonyl (C=O) groups is 1. The molecular weight excluding hydrogens is 397 g/mol. The van der Waals surface area contributed by atoms with E-state index in [1.807, 2.05) is 0 Å². The molecule has 0 saturated carbocycles. The Labute approximate surface area is 162 Å². The fourth-order valence-electron chi connectivity index (χ4n) is 2.76. The quantitative estimate of drug-likeness (QED) is 0.600. The van der Waals surface area contributed by atoms with Gasteiger partial charge < -0.3 is 9.80 Å². The highest BCUT2D eigenvalue weighted by molar-refractivity contribution is 6.40. The van der Waals surface area contributed by atoms with Gasteiger partial charge in [-0.1, -0.05) is 23.7 Å². The van der Waals surface area contributed by atoms with Gasteiger partial charge in [-0.3, -0.25) is 20.6 Å². The van der Waals surface area contributed by atoms with Crippen LogP contribution in [0.1, 0.15) is 16.8 Å². The summed E-state index contributed by atoms with van der Waals surface area (Å²) in [5, 5.41) is 15.7. The maximum atomic E-state index is 13.0. The molecule has 1 saturated heterocycles. The third-order valence-electron chi connectivity index (χ3n) is 4.17. The van der Waals surface area contributed by atoms with Crippen molar-refractivity contribution in [2.75, 3.05) is 13.1 Å². The molecule has 0 bridgehead atoms. The third kappa shape index (κ3) is 3.81. The minimum Gasteiger partial charge on any atom is -0.330 e. The third-order valence-corrected chi connectivity index (χ3v) is 4.62. The van der Waals surface area contributed by atoms with E-state index in [1.54, 1.807) is 0 Å². The van der Waals surface area contributed by atoms with Crippen LogP contribution < -0.4 is 0 Å². The molecule has 0 unspecified atom stereocenters. The van der Waals surface area contributed by atoms with Crippen LogP contribution in [0, 0.1) is 10.8 Å². The van der Waals surface area contributed by atoms with Crippen LogP contribution >= 0.6 is 11.6 Å². The molecule has 1 fully saturated rings. The molecule has 0 radical (unpaired) electrons. The van der Waals surface area contributed by atoms with E-state index in [-0.39, 0.29) is 36.7 Å². The first-order valence-corrected chi connectivity index (χ1v) is 8.43. The smallest absolute Gasteiger partial charge is 0.330 e. The van der Waals surface area contributed by atoms with Gasteiger partial charge in [0.1, 0.15) is 5.69 Å². The maximum absolute atomic E-state index is 13.0. The lowest BCUT2D eigenvalue weighted by molar-refractivity contribution is -0.137. The van der Waals surface area contributed by atoms with Crippen molar-refractivity contribution in [2.45, 2.75) is 12.7 Å². The van der Waals surface area contributed by atoms with Crippen molar-refractivity contribution in [1.29, 1.82) is 10.8 Å². The molecule has 1 aliphatic rings. The number of aromatic nitrogens is 2. The zero-order valence-corrected chi connectivity index (χ0v) is 15.1. The molecular formula is C17H14ClF3N6O. The Morgan fingerprint density at radius 3 is 2.64 bits per heavy atom. The fraction of sp³-hybridized carbons (Fsp3) is 0.235. The van der Waals surface area contributed by atoms with Crippen molar-refractivity contribution >= 4 is 29.2 Å². The van der Waals surface area contributed by atoms with Gasteiger partial charge in [-0.15, -0.1) is 0 Å². The first-order valence-electron chi connectivity index (χ1n) is 8.05. The molecule has 1 amide bonds. The lowest BCUT2D eigenvalue weighted by Gasteiger charge is -2.35.